The molecule has 2 nitrogen and oxygen atoms in total. The van der Waals surface area contributed by atoms with Crippen molar-refractivity contribution in [3.05, 3.63) is 11.8 Å². The van der Waals surface area contributed by atoms with Crippen LogP contribution in [0.4, 0.5) is 0 Å². The fraction of sp³-hybridized carbons (Fsp3) is 0.842. The first-order valence-corrected chi connectivity index (χ1v) is 8.68. The largest absolute Gasteiger partial charge is 0.354 e. The van der Waals surface area contributed by atoms with E-state index in [1.54, 1.807) is 0 Å². The van der Waals surface area contributed by atoms with Crippen LogP contribution < -0.4 is 0 Å². The standard InChI is InChI=1S/C19H32N2/c1-8-14(17(2,3)4)21-16-15(18(5,6)7)20-13-11-9-10-12-19(13,16)21/h8,13,16H,9-12H2,1-7H3/b14-8-. The van der Waals surface area contributed by atoms with Crippen LogP contribution in [0.5, 0.6) is 0 Å². The van der Waals surface area contributed by atoms with Crippen LogP contribution in [0.25, 0.3) is 0 Å². The summed E-state index contributed by atoms with van der Waals surface area (Å²) in [7, 11) is 0. The second-order valence-corrected chi connectivity index (χ2v) is 9.21. The van der Waals surface area contributed by atoms with Crippen LogP contribution in [0.3, 0.4) is 0 Å². The zero-order valence-electron chi connectivity index (χ0n) is 15.0. The summed E-state index contributed by atoms with van der Waals surface area (Å²) in [5.74, 6) is 0. The van der Waals surface area contributed by atoms with Gasteiger partial charge in [0.2, 0.25) is 0 Å². The van der Waals surface area contributed by atoms with Crippen LogP contribution >= 0.6 is 0 Å². The van der Waals surface area contributed by atoms with E-state index in [-0.39, 0.29) is 10.8 Å². The van der Waals surface area contributed by atoms with Gasteiger partial charge in [-0.1, -0.05) is 60.5 Å². The van der Waals surface area contributed by atoms with E-state index in [1.807, 2.05) is 0 Å². The van der Waals surface area contributed by atoms with E-state index in [4.69, 9.17) is 4.99 Å². The number of hydrogen-bond acceptors (Lipinski definition) is 2. The van der Waals surface area contributed by atoms with Crippen molar-refractivity contribution in [2.24, 2.45) is 15.8 Å². The predicted molar refractivity (Wildman–Crippen MR) is 90.7 cm³/mol. The molecule has 3 atom stereocenters. The van der Waals surface area contributed by atoms with Crippen LogP contribution in [-0.2, 0) is 0 Å². The van der Waals surface area contributed by atoms with Crippen molar-refractivity contribution in [3.63, 3.8) is 0 Å². The molecule has 0 amide bonds. The molecule has 0 aromatic carbocycles. The molecule has 2 aliphatic heterocycles. The molecular weight excluding hydrogens is 256 g/mol. The molecule has 118 valence electrons. The molecule has 2 heterocycles. The van der Waals surface area contributed by atoms with E-state index in [1.165, 1.54) is 37.1 Å². The Morgan fingerprint density at radius 3 is 2.38 bits per heavy atom. The fourth-order valence-corrected chi connectivity index (χ4v) is 4.78. The molecule has 1 aliphatic carbocycles. The normalized spacial score (nSPS) is 36.2. The minimum absolute atomic E-state index is 0.195. The summed E-state index contributed by atoms with van der Waals surface area (Å²) in [4.78, 5) is 7.95. The Kier molecular flexibility index (Phi) is 3.14. The molecule has 3 aliphatic rings. The topological polar surface area (TPSA) is 15.4 Å². The van der Waals surface area contributed by atoms with Crippen LogP contribution in [0.2, 0.25) is 0 Å². The number of nitrogens with zero attached hydrogens (tertiary/aromatic N) is 2. The Balaban J connectivity index is 2.01. The zero-order valence-corrected chi connectivity index (χ0v) is 15.0. The number of hydrogen-bond donors (Lipinski definition) is 0. The van der Waals surface area contributed by atoms with Gasteiger partial charge in [-0.3, -0.25) is 4.99 Å². The third-order valence-electron chi connectivity index (χ3n) is 5.62. The number of aliphatic imine (C=N–C) groups is 1. The minimum Gasteiger partial charge on any atom is -0.354 e. The van der Waals surface area contributed by atoms with Crippen LogP contribution in [0, 0.1) is 10.8 Å². The summed E-state index contributed by atoms with van der Waals surface area (Å²) in [5.41, 5.74) is 3.74. The summed E-state index contributed by atoms with van der Waals surface area (Å²) in [6.45, 7) is 16.2. The second kappa shape index (κ2) is 4.36. The van der Waals surface area contributed by atoms with Gasteiger partial charge in [-0.05, 0) is 19.8 Å². The number of allylic oxidation sites excluding steroid dienone is 2. The summed E-state index contributed by atoms with van der Waals surface area (Å²) >= 11 is 0. The molecule has 1 saturated carbocycles. The summed E-state index contributed by atoms with van der Waals surface area (Å²) in [6, 6.07) is 1.12. The molecule has 0 N–H and O–H groups in total. The molecule has 0 aromatic heterocycles. The van der Waals surface area contributed by atoms with Gasteiger partial charge < -0.3 is 4.90 Å². The van der Waals surface area contributed by atoms with Crippen molar-refractivity contribution in [1.82, 2.24) is 4.90 Å². The molecule has 1 spiro atoms. The van der Waals surface area contributed by atoms with Crippen LogP contribution in [0.1, 0.15) is 74.1 Å². The lowest BCUT2D eigenvalue weighted by Gasteiger charge is -2.34. The Labute approximate surface area is 130 Å². The van der Waals surface area contributed by atoms with Gasteiger partial charge in [-0.25, -0.2) is 0 Å². The van der Waals surface area contributed by atoms with E-state index in [0.29, 0.717) is 17.6 Å². The molecule has 0 bridgehead atoms. The van der Waals surface area contributed by atoms with Gasteiger partial charge in [-0.15, -0.1) is 0 Å². The fourth-order valence-electron chi connectivity index (χ4n) is 4.78. The molecule has 2 heteroatoms. The highest BCUT2D eigenvalue weighted by Gasteiger charge is 2.73. The highest BCUT2D eigenvalue weighted by atomic mass is 15.5. The van der Waals surface area contributed by atoms with E-state index in [0.717, 1.165) is 0 Å². The van der Waals surface area contributed by atoms with Crippen molar-refractivity contribution in [2.75, 3.05) is 0 Å². The molecular formula is C19H32N2. The van der Waals surface area contributed by atoms with Gasteiger partial charge in [0.25, 0.3) is 0 Å². The first-order valence-electron chi connectivity index (χ1n) is 8.68. The molecule has 3 rings (SSSR count). The lowest BCUT2D eigenvalue weighted by molar-refractivity contribution is 0.270. The van der Waals surface area contributed by atoms with Crippen LogP contribution in [-0.4, -0.2) is 28.2 Å². The molecule has 21 heavy (non-hydrogen) atoms. The van der Waals surface area contributed by atoms with Gasteiger partial charge in [0.15, 0.2) is 0 Å². The van der Waals surface area contributed by atoms with Crippen molar-refractivity contribution in [2.45, 2.75) is 91.8 Å². The van der Waals surface area contributed by atoms with Gasteiger partial charge in [0.05, 0.1) is 17.6 Å². The van der Waals surface area contributed by atoms with Gasteiger partial charge in [0.1, 0.15) is 0 Å². The van der Waals surface area contributed by atoms with E-state index in [9.17, 15) is 0 Å². The first-order chi connectivity index (χ1) is 9.64. The van der Waals surface area contributed by atoms with Crippen LogP contribution in [0.15, 0.2) is 16.8 Å². The zero-order chi connectivity index (χ0) is 15.6. The van der Waals surface area contributed by atoms with Gasteiger partial charge in [-0.2, -0.15) is 0 Å². The van der Waals surface area contributed by atoms with E-state index in [2.05, 4.69) is 59.4 Å². The van der Waals surface area contributed by atoms with Crippen molar-refractivity contribution in [1.29, 1.82) is 0 Å². The lowest BCUT2D eigenvalue weighted by Crippen LogP contribution is -2.36. The molecule has 0 radical (unpaired) electrons. The third kappa shape index (κ3) is 2.01. The molecule has 2 fully saturated rings. The quantitative estimate of drug-likeness (QED) is 0.633. The lowest BCUT2D eigenvalue weighted by atomic mass is 9.80. The summed E-state index contributed by atoms with van der Waals surface area (Å²) < 4.78 is 0. The minimum atomic E-state index is 0.195. The Morgan fingerprint density at radius 1 is 1.19 bits per heavy atom. The monoisotopic (exact) mass is 288 g/mol. The summed E-state index contributed by atoms with van der Waals surface area (Å²) in [6.07, 6.45) is 7.69. The average molecular weight is 288 g/mol. The average Bonchev–Trinajstić information content (AvgIpc) is 2.81. The number of rotatable bonds is 1. The van der Waals surface area contributed by atoms with Crippen molar-refractivity contribution in [3.8, 4) is 0 Å². The first kappa shape index (κ1) is 15.1. The maximum Gasteiger partial charge on any atom is 0.0932 e. The predicted octanol–water partition coefficient (Wildman–Crippen LogP) is 4.80. The van der Waals surface area contributed by atoms with E-state index >= 15 is 0 Å². The molecule has 3 unspecified atom stereocenters. The Bertz CT molecular complexity index is 501. The highest BCUT2D eigenvalue weighted by molar-refractivity contribution is 6.01. The Morgan fingerprint density at radius 2 is 1.86 bits per heavy atom. The maximum atomic E-state index is 5.20. The second-order valence-electron chi connectivity index (χ2n) is 9.21. The van der Waals surface area contributed by atoms with Gasteiger partial charge >= 0.3 is 0 Å². The van der Waals surface area contributed by atoms with Gasteiger partial charge in [0, 0.05) is 22.2 Å². The summed E-state index contributed by atoms with van der Waals surface area (Å²) in [5, 5.41) is 0. The van der Waals surface area contributed by atoms with Crippen molar-refractivity contribution < 1.29 is 0 Å². The third-order valence-corrected chi connectivity index (χ3v) is 5.62. The molecule has 1 saturated heterocycles. The Hall–Kier alpha value is -0.790. The van der Waals surface area contributed by atoms with Crippen molar-refractivity contribution >= 4 is 5.71 Å². The highest BCUT2D eigenvalue weighted by Crippen LogP contribution is 2.62. The maximum absolute atomic E-state index is 5.20. The molecule has 0 aromatic rings. The SMILES string of the molecule is C/C=C(\N1C2C(C(C)(C)C)=NC3CCCCC321)C(C)(C)C. The smallest absolute Gasteiger partial charge is 0.0932 e. The van der Waals surface area contributed by atoms with E-state index < -0.39 is 0 Å².